The fourth-order valence-electron chi connectivity index (χ4n) is 3.89. The molecule has 1 aliphatic rings. The molecular weight excluding hydrogens is 312 g/mol. The number of hydrogen-bond donors (Lipinski definition) is 2. The third kappa shape index (κ3) is 3.12. The van der Waals surface area contributed by atoms with Crippen molar-refractivity contribution >= 4 is 11.0 Å². The van der Waals surface area contributed by atoms with Gasteiger partial charge in [-0.05, 0) is 44.4 Å². The van der Waals surface area contributed by atoms with Crippen molar-refractivity contribution in [2.24, 2.45) is 0 Å². The molecule has 1 saturated heterocycles. The fraction of sp³-hybridized carbons (Fsp3) is 0.400. The molecule has 5 nitrogen and oxygen atoms in total. The van der Waals surface area contributed by atoms with E-state index in [1.807, 2.05) is 24.5 Å². The molecule has 3 aromatic rings. The summed E-state index contributed by atoms with van der Waals surface area (Å²) in [5.74, 6) is 2.23. The molecule has 0 spiro atoms. The maximum atomic E-state index is 5.25. The summed E-state index contributed by atoms with van der Waals surface area (Å²) in [7, 11) is 1.68. The van der Waals surface area contributed by atoms with Crippen molar-refractivity contribution in [3.05, 3.63) is 42.5 Å². The Labute approximate surface area is 147 Å². The van der Waals surface area contributed by atoms with Gasteiger partial charge in [0.15, 0.2) is 0 Å². The van der Waals surface area contributed by atoms with Crippen LogP contribution in [0.4, 0.5) is 0 Å². The molecule has 1 fully saturated rings. The number of aromatic amines is 1. The van der Waals surface area contributed by atoms with Crippen LogP contribution >= 0.6 is 0 Å². The lowest BCUT2D eigenvalue weighted by Gasteiger charge is -2.32. The Hall–Kier alpha value is -2.40. The highest BCUT2D eigenvalue weighted by Gasteiger charge is 2.26. The van der Waals surface area contributed by atoms with Crippen LogP contribution in [0.3, 0.4) is 0 Å². The van der Waals surface area contributed by atoms with Crippen molar-refractivity contribution in [2.75, 3.05) is 7.11 Å². The van der Waals surface area contributed by atoms with E-state index in [4.69, 9.17) is 9.72 Å². The van der Waals surface area contributed by atoms with Crippen LogP contribution in [0, 0.1) is 0 Å². The van der Waals surface area contributed by atoms with Gasteiger partial charge >= 0.3 is 0 Å². The highest BCUT2D eigenvalue weighted by atomic mass is 16.5. The number of aromatic nitrogens is 3. The van der Waals surface area contributed by atoms with E-state index >= 15 is 0 Å². The molecule has 25 heavy (non-hydrogen) atoms. The Morgan fingerprint density at radius 1 is 1.08 bits per heavy atom. The standard InChI is InChI=1S/C20H24N4O/c1-12-8-15(9-13(2)23-12)20-22-11-18-19(24-20)17(10-21-18)14-4-6-16(25-3)7-5-14/h4-7,10-13,15,21,23H,8-9H2,1-3H3. The molecule has 5 heteroatoms. The largest absolute Gasteiger partial charge is 0.497 e. The number of H-pyrrole nitrogens is 1. The number of piperidine rings is 1. The summed E-state index contributed by atoms with van der Waals surface area (Å²) in [6, 6.07) is 9.09. The molecule has 0 amide bonds. The minimum absolute atomic E-state index is 0.411. The zero-order valence-electron chi connectivity index (χ0n) is 14.9. The Morgan fingerprint density at radius 2 is 1.80 bits per heavy atom. The van der Waals surface area contributed by atoms with E-state index in [0.29, 0.717) is 18.0 Å². The number of rotatable bonds is 3. The molecule has 2 unspecified atom stereocenters. The molecule has 0 saturated carbocycles. The van der Waals surface area contributed by atoms with Gasteiger partial charge < -0.3 is 15.0 Å². The van der Waals surface area contributed by atoms with Crippen LogP contribution in [0.1, 0.15) is 38.4 Å². The van der Waals surface area contributed by atoms with Crippen molar-refractivity contribution in [1.29, 1.82) is 0 Å². The van der Waals surface area contributed by atoms with E-state index in [-0.39, 0.29) is 0 Å². The van der Waals surface area contributed by atoms with Gasteiger partial charge in [-0.1, -0.05) is 12.1 Å². The van der Waals surface area contributed by atoms with Crippen LogP contribution in [0.15, 0.2) is 36.7 Å². The minimum Gasteiger partial charge on any atom is -0.497 e. The fourth-order valence-corrected chi connectivity index (χ4v) is 3.89. The normalized spacial score (nSPS) is 23.7. The molecule has 130 valence electrons. The first-order valence-corrected chi connectivity index (χ1v) is 8.88. The minimum atomic E-state index is 0.411. The zero-order valence-corrected chi connectivity index (χ0v) is 14.9. The Kier molecular flexibility index (Phi) is 4.17. The summed E-state index contributed by atoms with van der Waals surface area (Å²) in [4.78, 5) is 12.9. The summed E-state index contributed by atoms with van der Waals surface area (Å²) in [5, 5.41) is 3.59. The number of methoxy groups -OCH3 is 1. The Bertz CT molecular complexity index is 861. The van der Waals surface area contributed by atoms with E-state index < -0.39 is 0 Å². The molecule has 2 N–H and O–H groups in total. The van der Waals surface area contributed by atoms with Crippen molar-refractivity contribution < 1.29 is 4.74 Å². The summed E-state index contributed by atoms with van der Waals surface area (Å²) >= 11 is 0. The van der Waals surface area contributed by atoms with Crippen LogP contribution in [-0.4, -0.2) is 34.1 Å². The molecule has 4 rings (SSSR count). The van der Waals surface area contributed by atoms with Crippen LogP contribution in [0.25, 0.3) is 22.2 Å². The molecule has 1 aromatic carbocycles. The molecule has 0 bridgehead atoms. The third-order valence-electron chi connectivity index (χ3n) is 5.05. The van der Waals surface area contributed by atoms with Gasteiger partial charge in [-0.25, -0.2) is 9.97 Å². The molecule has 0 radical (unpaired) electrons. The van der Waals surface area contributed by atoms with Crippen LogP contribution < -0.4 is 10.1 Å². The Morgan fingerprint density at radius 3 is 2.48 bits per heavy atom. The van der Waals surface area contributed by atoms with Crippen molar-refractivity contribution in [1.82, 2.24) is 20.3 Å². The predicted molar refractivity (Wildman–Crippen MR) is 99.9 cm³/mol. The number of benzene rings is 1. The first-order chi connectivity index (χ1) is 12.1. The summed E-state index contributed by atoms with van der Waals surface area (Å²) in [5.41, 5.74) is 4.21. The second kappa shape index (κ2) is 6.48. The number of nitrogens with zero attached hydrogens (tertiary/aromatic N) is 2. The molecule has 2 atom stereocenters. The molecular formula is C20H24N4O. The summed E-state index contributed by atoms with van der Waals surface area (Å²) < 4.78 is 5.25. The van der Waals surface area contributed by atoms with Gasteiger partial charge in [-0.3, -0.25) is 0 Å². The van der Waals surface area contributed by atoms with Crippen molar-refractivity contribution in [3.8, 4) is 16.9 Å². The maximum absolute atomic E-state index is 5.25. The lowest BCUT2D eigenvalue weighted by atomic mass is 9.88. The van der Waals surface area contributed by atoms with E-state index in [2.05, 4.69) is 41.3 Å². The van der Waals surface area contributed by atoms with Gasteiger partial charge in [0.1, 0.15) is 11.6 Å². The average Bonchev–Trinajstić information content (AvgIpc) is 3.04. The highest BCUT2D eigenvalue weighted by molar-refractivity contribution is 5.92. The molecule has 3 heterocycles. The van der Waals surface area contributed by atoms with Crippen molar-refractivity contribution in [2.45, 2.75) is 44.7 Å². The zero-order chi connectivity index (χ0) is 17.4. The average molecular weight is 336 g/mol. The smallest absolute Gasteiger partial charge is 0.132 e. The van der Waals surface area contributed by atoms with Gasteiger partial charge in [0, 0.05) is 29.8 Å². The van der Waals surface area contributed by atoms with E-state index in [1.165, 1.54) is 0 Å². The van der Waals surface area contributed by atoms with Gasteiger partial charge in [0.25, 0.3) is 0 Å². The van der Waals surface area contributed by atoms with E-state index in [1.54, 1.807) is 7.11 Å². The van der Waals surface area contributed by atoms with Gasteiger partial charge in [-0.2, -0.15) is 0 Å². The maximum Gasteiger partial charge on any atom is 0.132 e. The number of fused-ring (bicyclic) bond motifs is 1. The predicted octanol–water partition coefficient (Wildman–Crippen LogP) is 3.88. The summed E-state index contributed by atoms with van der Waals surface area (Å²) in [6.07, 6.45) is 6.09. The first kappa shape index (κ1) is 16.1. The number of nitrogens with one attached hydrogen (secondary N) is 2. The molecule has 1 aliphatic heterocycles. The van der Waals surface area contributed by atoms with Crippen LogP contribution in [0.5, 0.6) is 5.75 Å². The SMILES string of the molecule is COc1ccc(-c2c[nH]c3cnc(C4CC(C)NC(C)C4)nc23)cc1. The number of ether oxygens (including phenoxy) is 1. The van der Waals surface area contributed by atoms with E-state index in [9.17, 15) is 0 Å². The second-order valence-electron chi connectivity index (χ2n) is 7.06. The lowest BCUT2D eigenvalue weighted by molar-refractivity contribution is 0.310. The summed E-state index contributed by atoms with van der Waals surface area (Å²) in [6.45, 7) is 4.47. The van der Waals surface area contributed by atoms with Gasteiger partial charge in [0.05, 0.1) is 24.3 Å². The molecule has 0 aliphatic carbocycles. The second-order valence-corrected chi connectivity index (χ2v) is 7.06. The third-order valence-corrected chi connectivity index (χ3v) is 5.05. The van der Waals surface area contributed by atoms with Crippen LogP contribution in [-0.2, 0) is 0 Å². The Balaban J connectivity index is 1.72. The van der Waals surface area contributed by atoms with Gasteiger partial charge in [-0.15, -0.1) is 0 Å². The quantitative estimate of drug-likeness (QED) is 0.762. The topological polar surface area (TPSA) is 62.8 Å². The number of hydrogen-bond acceptors (Lipinski definition) is 4. The highest BCUT2D eigenvalue weighted by Crippen LogP contribution is 2.32. The first-order valence-electron chi connectivity index (χ1n) is 8.88. The molecule has 2 aromatic heterocycles. The van der Waals surface area contributed by atoms with Crippen LogP contribution in [0.2, 0.25) is 0 Å². The van der Waals surface area contributed by atoms with E-state index in [0.717, 1.165) is 46.6 Å². The van der Waals surface area contributed by atoms with Crippen molar-refractivity contribution in [3.63, 3.8) is 0 Å². The lowest BCUT2D eigenvalue weighted by Crippen LogP contribution is -2.41. The van der Waals surface area contributed by atoms with Gasteiger partial charge in [0.2, 0.25) is 0 Å². The monoisotopic (exact) mass is 336 g/mol.